The van der Waals surface area contributed by atoms with Gasteiger partial charge in [-0.2, -0.15) is 0 Å². The van der Waals surface area contributed by atoms with Gasteiger partial charge in [0.15, 0.2) is 5.12 Å². The van der Waals surface area contributed by atoms with Crippen molar-refractivity contribution in [2.24, 2.45) is 5.92 Å². The Balaban J connectivity index is 1.76. The van der Waals surface area contributed by atoms with Crippen LogP contribution in [-0.4, -0.2) is 35.3 Å². The average Bonchev–Trinajstić information content (AvgIpc) is 3.24. The summed E-state index contributed by atoms with van der Waals surface area (Å²) in [6, 6.07) is 6.05. The molecule has 0 aromatic heterocycles. The van der Waals surface area contributed by atoms with Crippen molar-refractivity contribution in [3.63, 3.8) is 0 Å². The molecule has 1 aromatic rings. The Hall–Kier alpha value is -1.89. The standard InChI is InChI=1S/C18H21FN2O3S/c19-14-7-3-4-8-15(14)21(18(24)12-9-17(23)25-11-12)10-16(22)20-13-5-1-2-6-13/h3-4,7-8,12-13H,1-2,5-6,9-11H2,(H,20,22)/t12-/m0/s1. The Labute approximate surface area is 150 Å². The second-order valence-corrected chi connectivity index (χ2v) is 7.59. The molecule has 2 amide bonds. The number of hydrogen-bond acceptors (Lipinski definition) is 4. The topological polar surface area (TPSA) is 66.5 Å². The number of carbonyl (C=O) groups excluding carboxylic acids is 3. The summed E-state index contributed by atoms with van der Waals surface area (Å²) in [5.74, 6) is -1.34. The molecule has 1 atom stereocenters. The third kappa shape index (κ3) is 4.39. The van der Waals surface area contributed by atoms with Gasteiger partial charge in [0.05, 0.1) is 11.6 Å². The Morgan fingerprint density at radius 1 is 1.24 bits per heavy atom. The van der Waals surface area contributed by atoms with Crippen molar-refractivity contribution in [2.75, 3.05) is 17.2 Å². The van der Waals surface area contributed by atoms with Crippen LogP contribution in [0.15, 0.2) is 24.3 Å². The van der Waals surface area contributed by atoms with Crippen LogP contribution in [0.1, 0.15) is 32.1 Å². The molecule has 1 N–H and O–H groups in total. The van der Waals surface area contributed by atoms with E-state index in [1.807, 2.05) is 0 Å². The zero-order valence-electron chi connectivity index (χ0n) is 13.9. The molecule has 0 spiro atoms. The van der Waals surface area contributed by atoms with E-state index >= 15 is 0 Å². The summed E-state index contributed by atoms with van der Waals surface area (Å²) in [4.78, 5) is 37.9. The summed E-state index contributed by atoms with van der Waals surface area (Å²) in [6.07, 6.45) is 4.18. The van der Waals surface area contributed by atoms with Crippen LogP contribution < -0.4 is 10.2 Å². The van der Waals surface area contributed by atoms with Gasteiger partial charge in [0.2, 0.25) is 11.8 Å². The fraction of sp³-hybridized carbons (Fsp3) is 0.500. The summed E-state index contributed by atoms with van der Waals surface area (Å²) in [5, 5.41) is 2.89. The summed E-state index contributed by atoms with van der Waals surface area (Å²) in [5.41, 5.74) is 0.0819. The number of benzene rings is 1. The van der Waals surface area contributed by atoms with E-state index in [2.05, 4.69) is 5.32 Å². The van der Waals surface area contributed by atoms with Crippen LogP contribution in [0.25, 0.3) is 0 Å². The quantitative estimate of drug-likeness (QED) is 0.872. The molecule has 1 aliphatic carbocycles. The van der Waals surface area contributed by atoms with Gasteiger partial charge in [-0.15, -0.1) is 0 Å². The van der Waals surface area contributed by atoms with E-state index in [1.54, 1.807) is 6.07 Å². The molecule has 0 unspecified atom stereocenters. The first-order chi connectivity index (χ1) is 12.0. The normalized spacial score (nSPS) is 20.7. The van der Waals surface area contributed by atoms with E-state index in [1.165, 1.54) is 23.1 Å². The number of nitrogens with one attached hydrogen (secondary N) is 1. The molecule has 2 fully saturated rings. The largest absolute Gasteiger partial charge is 0.352 e. The molecule has 1 saturated heterocycles. The third-order valence-corrected chi connectivity index (χ3v) is 5.70. The number of amides is 2. The van der Waals surface area contributed by atoms with Gasteiger partial charge in [-0.25, -0.2) is 4.39 Å². The van der Waals surface area contributed by atoms with Gasteiger partial charge < -0.3 is 5.32 Å². The van der Waals surface area contributed by atoms with Gasteiger partial charge in [0.25, 0.3) is 0 Å². The van der Waals surface area contributed by atoms with E-state index in [0.29, 0.717) is 5.75 Å². The van der Waals surface area contributed by atoms with E-state index in [-0.39, 0.29) is 41.6 Å². The minimum absolute atomic E-state index is 0.0396. The van der Waals surface area contributed by atoms with Crippen molar-refractivity contribution in [2.45, 2.75) is 38.1 Å². The maximum atomic E-state index is 14.2. The summed E-state index contributed by atoms with van der Waals surface area (Å²) < 4.78 is 14.2. The van der Waals surface area contributed by atoms with E-state index in [4.69, 9.17) is 0 Å². The highest BCUT2D eigenvalue weighted by Gasteiger charge is 2.34. The van der Waals surface area contributed by atoms with Crippen molar-refractivity contribution in [1.82, 2.24) is 5.32 Å². The number of hydrogen-bond donors (Lipinski definition) is 1. The number of thioether (sulfide) groups is 1. The molecular weight excluding hydrogens is 343 g/mol. The van der Waals surface area contributed by atoms with Crippen LogP contribution >= 0.6 is 11.8 Å². The van der Waals surface area contributed by atoms with Gasteiger partial charge in [-0.1, -0.05) is 36.7 Å². The molecule has 5 nitrogen and oxygen atoms in total. The first-order valence-electron chi connectivity index (χ1n) is 8.55. The van der Waals surface area contributed by atoms with Crippen LogP contribution in [-0.2, 0) is 14.4 Å². The monoisotopic (exact) mass is 364 g/mol. The molecule has 0 radical (unpaired) electrons. The van der Waals surface area contributed by atoms with E-state index in [0.717, 1.165) is 37.4 Å². The number of anilines is 1. The van der Waals surface area contributed by atoms with Crippen LogP contribution in [0, 0.1) is 11.7 Å². The maximum Gasteiger partial charge on any atom is 0.240 e. The Kier molecular flexibility index (Phi) is 5.73. The van der Waals surface area contributed by atoms with Crippen LogP contribution in [0.4, 0.5) is 10.1 Å². The second kappa shape index (κ2) is 7.99. The van der Waals surface area contributed by atoms with Crippen molar-refractivity contribution < 1.29 is 18.8 Å². The predicted molar refractivity (Wildman–Crippen MR) is 94.7 cm³/mol. The van der Waals surface area contributed by atoms with Crippen molar-refractivity contribution in [1.29, 1.82) is 0 Å². The number of carbonyl (C=O) groups is 3. The fourth-order valence-corrected chi connectivity index (χ4v) is 4.30. The Bertz CT molecular complexity index is 676. The molecular formula is C18H21FN2O3S. The van der Waals surface area contributed by atoms with Crippen LogP contribution in [0.3, 0.4) is 0 Å². The van der Waals surface area contributed by atoms with Crippen molar-refractivity contribution in [3.8, 4) is 0 Å². The van der Waals surface area contributed by atoms with Gasteiger partial charge >= 0.3 is 0 Å². The maximum absolute atomic E-state index is 14.2. The highest BCUT2D eigenvalue weighted by Crippen LogP contribution is 2.29. The average molecular weight is 364 g/mol. The van der Waals surface area contributed by atoms with E-state index in [9.17, 15) is 18.8 Å². The molecule has 3 rings (SSSR count). The predicted octanol–water partition coefficient (Wildman–Crippen LogP) is 2.50. The van der Waals surface area contributed by atoms with Crippen LogP contribution in [0.5, 0.6) is 0 Å². The first kappa shape index (κ1) is 17.9. The number of para-hydroxylation sites is 1. The summed E-state index contributed by atoms with van der Waals surface area (Å²) >= 11 is 1.11. The number of nitrogens with zero attached hydrogens (tertiary/aromatic N) is 1. The summed E-state index contributed by atoms with van der Waals surface area (Å²) in [6.45, 7) is -0.231. The molecule has 2 aliphatic rings. The number of halogens is 1. The third-order valence-electron chi connectivity index (χ3n) is 4.64. The highest BCUT2D eigenvalue weighted by atomic mass is 32.2. The Morgan fingerprint density at radius 3 is 2.60 bits per heavy atom. The number of rotatable bonds is 5. The lowest BCUT2D eigenvalue weighted by atomic mass is 10.1. The van der Waals surface area contributed by atoms with Gasteiger partial charge in [0.1, 0.15) is 12.4 Å². The molecule has 1 saturated carbocycles. The van der Waals surface area contributed by atoms with Gasteiger partial charge in [-0.05, 0) is 25.0 Å². The molecule has 7 heteroatoms. The highest BCUT2D eigenvalue weighted by molar-refractivity contribution is 8.14. The van der Waals surface area contributed by atoms with Gasteiger partial charge in [-0.3, -0.25) is 19.3 Å². The smallest absolute Gasteiger partial charge is 0.240 e. The zero-order valence-corrected chi connectivity index (χ0v) is 14.7. The molecule has 134 valence electrons. The van der Waals surface area contributed by atoms with Gasteiger partial charge in [0, 0.05) is 18.2 Å². The molecule has 1 heterocycles. The van der Waals surface area contributed by atoms with Crippen molar-refractivity contribution in [3.05, 3.63) is 30.1 Å². The Morgan fingerprint density at radius 2 is 1.96 bits per heavy atom. The summed E-state index contributed by atoms with van der Waals surface area (Å²) in [7, 11) is 0. The molecule has 0 bridgehead atoms. The lowest BCUT2D eigenvalue weighted by Crippen LogP contribution is -2.46. The lowest BCUT2D eigenvalue weighted by Gasteiger charge is -2.26. The molecule has 1 aliphatic heterocycles. The SMILES string of the molecule is O=C(CN(C(=O)[C@@H]1CSC(=O)C1)c1ccccc1F)NC1CCCC1. The van der Waals surface area contributed by atoms with Crippen molar-refractivity contribution >= 4 is 34.4 Å². The second-order valence-electron chi connectivity index (χ2n) is 6.51. The first-order valence-corrected chi connectivity index (χ1v) is 9.54. The fourth-order valence-electron chi connectivity index (χ4n) is 3.33. The minimum Gasteiger partial charge on any atom is -0.352 e. The molecule has 1 aromatic carbocycles. The minimum atomic E-state index is -0.554. The van der Waals surface area contributed by atoms with E-state index < -0.39 is 11.7 Å². The zero-order chi connectivity index (χ0) is 17.8. The molecule has 25 heavy (non-hydrogen) atoms. The van der Waals surface area contributed by atoms with Crippen LogP contribution in [0.2, 0.25) is 0 Å². The lowest BCUT2D eigenvalue weighted by molar-refractivity contribution is -0.126.